The number of allylic oxidation sites excluding steroid dienone is 1. The van der Waals surface area contributed by atoms with Crippen LogP contribution in [0, 0.1) is 11.8 Å². The quantitative estimate of drug-likeness (QED) is 0.719. The van der Waals surface area contributed by atoms with Crippen molar-refractivity contribution >= 4 is 17.4 Å². The van der Waals surface area contributed by atoms with Gasteiger partial charge in [-0.15, -0.1) is 0 Å². The van der Waals surface area contributed by atoms with Gasteiger partial charge < -0.3 is 15.8 Å². The number of nitrogens with two attached hydrogens (primary N) is 1. The van der Waals surface area contributed by atoms with E-state index in [-0.39, 0.29) is 11.8 Å². The SMILES string of the molecule is CCC1C(Nc2ccccc2)=NC=CC1c1ccc(OCC2CC2)c(C(N)=O)c1. The topological polar surface area (TPSA) is 76.7 Å². The molecular weight excluding hydrogens is 362 g/mol. The number of hydrogen-bond acceptors (Lipinski definition) is 4. The molecule has 1 fully saturated rings. The van der Waals surface area contributed by atoms with E-state index in [0.717, 1.165) is 23.5 Å². The minimum atomic E-state index is -0.457. The van der Waals surface area contributed by atoms with Crippen molar-refractivity contribution in [3.05, 3.63) is 71.9 Å². The molecule has 1 saturated carbocycles. The average molecular weight is 389 g/mol. The third kappa shape index (κ3) is 4.50. The Bertz CT molecular complexity index is 932. The number of para-hydroxylation sites is 1. The Hall–Kier alpha value is -3.08. The van der Waals surface area contributed by atoms with E-state index in [1.54, 1.807) is 0 Å². The van der Waals surface area contributed by atoms with Crippen LogP contribution in [0.3, 0.4) is 0 Å². The Morgan fingerprint density at radius 3 is 2.69 bits per heavy atom. The molecule has 4 rings (SSSR count). The first-order chi connectivity index (χ1) is 14.2. The van der Waals surface area contributed by atoms with Gasteiger partial charge in [-0.05, 0) is 55.0 Å². The summed E-state index contributed by atoms with van der Waals surface area (Å²) in [4.78, 5) is 16.7. The highest BCUT2D eigenvalue weighted by atomic mass is 16.5. The van der Waals surface area contributed by atoms with Crippen LogP contribution < -0.4 is 15.8 Å². The predicted octanol–water partition coefficient (Wildman–Crippen LogP) is 4.72. The van der Waals surface area contributed by atoms with Gasteiger partial charge in [-0.3, -0.25) is 4.79 Å². The third-order valence-electron chi connectivity index (χ3n) is 5.60. The molecule has 2 aromatic carbocycles. The highest BCUT2D eigenvalue weighted by Crippen LogP contribution is 2.36. The third-order valence-corrected chi connectivity index (χ3v) is 5.60. The van der Waals surface area contributed by atoms with Gasteiger partial charge in [0, 0.05) is 23.7 Å². The Morgan fingerprint density at radius 1 is 1.21 bits per heavy atom. The normalized spacial score (nSPS) is 20.8. The van der Waals surface area contributed by atoms with Gasteiger partial charge >= 0.3 is 0 Å². The van der Waals surface area contributed by atoms with E-state index < -0.39 is 5.91 Å². The first kappa shape index (κ1) is 19.2. The molecule has 1 aliphatic carbocycles. The lowest BCUT2D eigenvalue weighted by Gasteiger charge is -2.29. The van der Waals surface area contributed by atoms with Crippen molar-refractivity contribution in [2.24, 2.45) is 22.6 Å². The molecule has 3 N–H and O–H groups in total. The molecule has 5 heteroatoms. The zero-order valence-electron chi connectivity index (χ0n) is 16.7. The fourth-order valence-electron chi connectivity index (χ4n) is 3.77. The molecule has 0 radical (unpaired) electrons. The number of ether oxygens (including phenoxy) is 1. The molecule has 2 unspecified atom stereocenters. The van der Waals surface area contributed by atoms with Crippen molar-refractivity contribution in [2.45, 2.75) is 32.1 Å². The summed E-state index contributed by atoms with van der Waals surface area (Å²) in [5, 5.41) is 3.45. The summed E-state index contributed by atoms with van der Waals surface area (Å²) >= 11 is 0. The van der Waals surface area contributed by atoms with Gasteiger partial charge in [0.25, 0.3) is 5.91 Å². The van der Waals surface area contributed by atoms with Crippen LogP contribution in [0.5, 0.6) is 5.75 Å². The maximum atomic E-state index is 12.1. The Kier molecular flexibility index (Phi) is 5.65. The van der Waals surface area contributed by atoms with E-state index in [9.17, 15) is 4.79 Å². The lowest BCUT2D eigenvalue weighted by Crippen LogP contribution is -2.29. The molecule has 29 heavy (non-hydrogen) atoms. The van der Waals surface area contributed by atoms with Crippen LogP contribution in [-0.4, -0.2) is 18.3 Å². The van der Waals surface area contributed by atoms with E-state index in [4.69, 9.17) is 10.5 Å². The number of carbonyl (C=O) groups excluding carboxylic acids is 1. The molecule has 0 saturated heterocycles. The van der Waals surface area contributed by atoms with Crippen molar-refractivity contribution in [1.29, 1.82) is 0 Å². The minimum absolute atomic E-state index is 0.110. The Labute approximate surface area is 171 Å². The molecule has 1 amide bonds. The first-order valence-corrected chi connectivity index (χ1v) is 10.3. The summed E-state index contributed by atoms with van der Waals surface area (Å²) in [6.07, 6.45) is 7.25. The molecule has 1 heterocycles. The Balaban J connectivity index is 1.57. The van der Waals surface area contributed by atoms with E-state index in [1.807, 2.05) is 54.7 Å². The molecule has 0 bridgehead atoms. The van der Waals surface area contributed by atoms with Gasteiger partial charge in [0.05, 0.1) is 12.2 Å². The van der Waals surface area contributed by atoms with Crippen molar-refractivity contribution < 1.29 is 9.53 Å². The van der Waals surface area contributed by atoms with Crippen LogP contribution in [-0.2, 0) is 0 Å². The minimum Gasteiger partial charge on any atom is -0.492 e. The predicted molar refractivity (Wildman–Crippen MR) is 116 cm³/mol. The van der Waals surface area contributed by atoms with Gasteiger partial charge in [0.1, 0.15) is 11.6 Å². The molecule has 0 aromatic heterocycles. The lowest BCUT2D eigenvalue weighted by molar-refractivity contribution is 0.0996. The second kappa shape index (κ2) is 8.52. The number of nitrogens with zero attached hydrogens (tertiary/aromatic N) is 1. The molecule has 2 aromatic rings. The fraction of sp³-hybridized carbons (Fsp3) is 0.333. The lowest BCUT2D eigenvalue weighted by atomic mass is 9.81. The number of hydrogen-bond donors (Lipinski definition) is 2. The van der Waals surface area contributed by atoms with Gasteiger partial charge in [0.2, 0.25) is 0 Å². The maximum absolute atomic E-state index is 12.1. The van der Waals surface area contributed by atoms with Crippen LogP contribution in [0.4, 0.5) is 5.69 Å². The second-order valence-corrected chi connectivity index (χ2v) is 7.76. The average Bonchev–Trinajstić information content (AvgIpc) is 3.57. The van der Waals surface area contributed by atoms with Crippen LogP contribution in [0.15, 0.2) is 65.8 Å². The number of benzene rings is 2. The molecule has 1 aliphatic heterocycles. The van der Waals surface area contributed by atoms with Crippen molar-refractivity contribution in [3.8, 4) is 5.75 Å². The van der Waals surface area contributed by atoms with Crippen molar-refractivity contribution in [3.63, 3.8) is 0 Å². The van der Waals surface area contributed by atoms with E-state index in [0.29, 0.717) is 23.8 Å². The monoisotopic (exact) mass is 389 g/mol. The maximum Gasteiger partial charge on any atom is 0.252 e. The number of primary amides is 1. The van der Waals surface area contributed by atoms with Gasteiger partial charge in [0.15, 0.2) is 0 Å². The number of rotatable bonds is 7. The smallest absolute Gasteiger partial charge is 0.252 e. The van der Waals surface area contributed by atoms with Crippen LogP contribution in [0.1, 0.15) is 48.0 Å². The van der Waals surface area contributed by atoms with Gasteiger partial charge in [-0.1, -0.05) is 37.3 Å². The molecule has 150 valence electrons. The fourth-order valence-corrected chi connectivity index (χ4v) is 3.77. The number of aliphatic imine (C=N–C) groups is 1. The van der Waals surface area contributed by atoms with Crippen LogP contribution >= 0.6 is 0 Å². The summed E-state index contributed by atoms with van der Waals surface area (Å²) in [5.74, 6) is 1.96. The number of anilines is 1. The summed E-state index contributed by atoms with van der Waals surface area (Å²) in [7, 11) is 0. The van der Waals surface area contributed by atoms with Crippen LogP contribution in [0.25, 0.3) is 0 Å². The van der Waals surface area contributed by atoms with Gasteiger partial charge in [-0.2, -0.15) is 0 Å². The molecule has 2 aliphatic rings. The van der Waals surface area contributed by atoms with Crippen LogP contribution in [0.2, 0.25) is 0 Å². The highest BCUT2D eigenvalue weighted by molar-refractivity contribution is 5.99. The number of amidine groups is 1. The van der Waals surface area contributed by atoms with E-state index in [1.165, 1.54) is 12.8 Å². The number of amides is 1. The summed E-state index contributed by atoms with van der Waals surface area (Å²) in [6, 6.07) is 15.9. The first-order valence-electron chi connectivity index (χ1n) is 10.3. The molecular formula is C24H27N3O2. The number of carbonyl (C=O) groups is 1. The summed E-state index contributed by atoms with van der Waals surface area (Å²) in [5.41, 5.74) is 8.17. The van der Waals surface area contributed by atoms with Crippen molar-refractivity contribution in [2.75, 3.05) is 11.9 Å². The largest absolute Gasteiger partial charge is 0.492 e. The Morgan fingerprint density at radius 2 is 2.00 bits per heavy atom. The molecule has 2 atom stereocenters. The second-order valence-electron chi connectivity index (χ2n) is 7.76. The molecule has 5 nitrogen and oxygen atoms in total. The highest BCUT2D eigenvalue weighted by Gasteiger charge is 2.28. The zero-order chi connectivity index (χ0) is 20.2. The van der Waals surface area contributed by atoms with E-state index in [2.05, 4.69) is 23.3 Å². The zero-order valence-corrected chi connectivity index (χ0v) is 16.7. The number of nitrogens with one attached hydrogen (secondary N) is 1. The van der Waals surface area contributed by atoms with E-state index >= 15 is 0 Å². The summed E-state index contributed by atoms with van der Waals surface area (Å²) in [6.45, 7) is 2.81. The van der Waals surface area contributed by atoms with Crippen molar-refractivity contribution in [1.82, 2.24) is 0 Å². The molecule has 0 spiro atoms. The standard InChI is InChI=1S/C24H27N3O2/c1-2-19-20(12-13-26-24(19)27-18-6-4-3-5-7-18)17-10-11-22(21(14-17)23(25)28)29-15-16-8-9-16/h3-7,10-14,16,19-20H,2,8-9,15H2,1H3,(H2,25,28)(H,26,27). The van der Waals surface area contributed by atoms with Gasteiger partial charge in [-0.25, -0.2) is 4.99 Å². The summed E-state index contributed by atoms with van der Waals surface area (Å²) < 4.78 is 5.86.